The number of hydrogen-bond acceptors (Lipinski definition) is 4. The number of carbonyl (C=O) groups excluding carboxylic acids is 1. The maximum Gasteiger partial charge on any atom is 0.252 e. The Kier molecular flexibility index (Phi) is 5.80. The molecule has 0 unspecified atom stereocenters. The second-order valence-electron chi connectivity index (χ2n) is 5.06. The first-order valence-electron chi connectivity index (χ1n) is 6.80. The first-order valence-corrected chi connectivity index (χ1v) is 9.43. The molecule has 0 aliphatic carbocycles. The summed E-state index contributed by atoms with van der Waals surface area (Å²) >= 11 is 6.75. The zero-order valence-electron chi connectivity index (χ0n) is 12.8. The van der Waals surface area contributed by atoms with Crippen LogP contribution in [0.25, 0.3) is 0 Å². The third-order valence-electron chi connectivity index (χ3n) is 3.26. The highest BCUT2D eigenvalue weighted by Crippen LogP contribution is 2.27. The minimum atomic E-state index is -3.70. The van der Waals surface area contributed by atoms with E-state index in [0.717, 1.165) is 21.2 Å². The molecule has 1 amide bonds. The van der Waals surface area contributed by atoms with Gasteiger partial charge in [0, 0.05) is 20.6 Å². The quantitative estimate of drug-likeness (QED) is 0.783. The van der Waals surface area contributed by atoms with E-state index in [-0.39, 0.29) is 16.7 Å². The van der Waals surface area contributed by atoms with Crippen LogP contribution in [-0.4, -0.2) is 44.2 Å². The smallest absolute Gasteiger partial charge is 0.252 e. The van der Waals surface area contributed by atoms with Gasteiger partial charge in [0.25, 0.3) is 10.0 Å². The van der Waals surface area contributed by atoms with Gasteiger partial charge in [-0.2, -0.15) is 4.31 Å². The van der Waals surface area contributed by atoms with Crippen molar-refractivity contribution in [2.45, 2.75) is 10.8 Å². The van der Waals surface area contributed by atoms with Gasteiger partial charge in [0.1, 0.15) is 4.21 Å². The fourth-order valence-corrected chi connectivity index (χ4v) is 4.75. The Hall–Kier alpha value is -1.41. The fourth-order valence-electron chi connectivity index (χ4n) is 1.93. The van der Waals surface area contributed by atoms with Gasteiger partial charge in [-0.1, -0.05) is 41.9 Å². The van der Waals surface area contributed by atoms with Crippen LogP contribution in [0.3, 0.4) is 0 Å². The lowest BCUT2D eigenvalue weighted by atomic mass is 10.2. The monoisotopic (exact) mass is 372 g/mol. The van der Waals surface area contributed by atoms with E-state index in [9.17, 15) is 13.2 Å². The molecule has 0 aliphatic rings. The van der Waals surface area contributed by atoms with Crippen LogP contribution in [-0.2, 0) is 21.4 Å². The standard InChI is InChI=1S/C15H17ClN2O3S2/c1-17(10-12-6-4-3-5-7-12)14(19)11-18(2)23(20,21)15-9-8-13(16)22-15/h3-9H,10-11H2,1-2H3. The molecule has 23 heavy (non-hydrogen) atoms. The average Bonchev–Trinajstić information content (AvgIpc) is 2.95. The van der Waals surface area contributed by atoms with E-state index >= 15 is 0 Å². The van der Waals surface area contributed by atoms with Gasteiger partial charge in [0.05, 0.1) is 10.9 Å². The summed E-state index contributed by atoms with van der Waals surface area (Å²) in [7, 11) is -0.663. The van der Waals surface area contributed by atoms with Crippen LogP contribution in [0, 0.1) is 0 Å². The van der Waals surface area contributed by atoms with Gasteiger partial charge in [0.2, 0.25) is 5.91 Å². The molecule has 1 aromatic carbocycles. The van der Waals surface area contributed by atoms with Gasteiger partial charge in [-0.25, -0.2) is 8.42 Å². The van der Waals surface area contributed by atoms with E-state index in [2.05, 4.69) is 0 Å². The number of nitrogens with zero attached hydrogens (tertiary/aromatic N) is 2. The molecule has 0 fully saturated rings. The van der Waals surface area contributed by atoms with E-state index in [1.165, 1.54) is 24.1 Å². The largest absolute Gasteiger partial charge is 0.340 e. The van der Waals surface area contributed by atoms with Gasteiger partial charge in [-0.15, -0.1) is 11.3 Å². The highest BCUT2D eigenvalue weighted by molar-refractivity contribution is 7.91. The summed E-state index contributed by atoms with van der Waals surface area (Å²) in [5, 5.41) is 0. The molecular formula is C15H17ClN2O3S2. The second-order valence-corrected chi connectivity index (χ2v) is 9.04. The molecular weight excluding hydrogens is 356 g/mol. The number of likely N-dealkylation sites (N-methyl/N-ethyl adjacent to an activating group) is 2. The molecule has 2 aromatic rings. The zero-order chi connectivity index (χ0) is 17.0. The molecule has 0 aliphatic heterocycles. The number of sulfonamides is 1. The lowest BCUT2D eigenvalue weighted by Gasteiger charge is -2.21. The minimum absolute atomic E-state index is 0.128. The van der Waals surface area contributed by atoms with Crippen molar-refractivity contribution in [1.82, 2.24) is 9.21 Å². The van der Waals surface area contributed by atoms with Crippen molar-refractivity contribution in [2.75, 3.05) is 20.6 Å². The van der Waals surface area contributed by atoms with E-state index in [1.807, 2.05) is 30.3 Å². The average molecular weight is 373 g/mol. The Bertz CT molecular complexity index is 775. The molecule has 124 valence electrons. The lowest BCUT2D eigenvalue weighted by Crippen LogP contribution is -2.38. The fraction of sp³-hybridized carbons (Fsp3) is 0.267. The zero-order valence-corrected chi connectivity index (χ0v) is 15.2. The van der Waals surface area contributed by atoms with Crippen molar-refractivity contribution in [3.63, 3.8) is 0 Å². The van der Waals surface area contributed by atoms with Crippen molar-refractivity contribution in [3.8, 4) is 0 Å². The Balaban J connectivity index is 2.01. The van der Waals surface area contributed by atoms with Gasteiger partial charge in [-0.05, 0) is 17.7 Å². The van der Waals surface area contributed by atoms with Gasteiger partial charge in [0.15, 0.2) is 0 Å². The van der Waals surface area contributed by atoms with Gasteiger partial charge < -0.3 is 4.90 Å². The predicted molar refractivity (Wildman–Crippen MR) is 92.1 cm³/mol. The summed E-state index contributed by atoms with van der Waals surface area (Å²) in [6.45, 7) is 0.208. The Morgan fingerprint density at radius 1 is 1.13 bits per heavy atom. The summed E-state index contributed by atoms with van der Waals surface area (Å²) in [6, 6.07) is 12.5. The van der Waals surface area contributed by atoms with E-state index in [0.29, 0.717) is 10.9 Å². The molecule has 2 rings (SSSR count). The molecule has 8 heteroatoms. The molecule has 5 nitrogen and oxygen atoms in total. The first-order chi connectivity index (χ1) is 10.8. The van der Waals surface area contributed by atoms with Crippen molar-refractivity contribution in [3.05, 3.63) is 52.4 Å². The third kappa shape index (κ3) is 4.54. The van der Waals surface area contributed by atoms with Crippen LogP contribution in [0.1, 0.15) is 5.56 Å². The number of halogens is 1. The summed E-state index contributed by atoms with van der Waals surface area (Å²) in [5.41, 5.74) is 0.985. The molecule has 0 radical (unpaired) electrons. The van der Waals surface area contributed by atoms with Crippen molar-refractivity contribution in [2.24, 2.45) is 0 Å². The third-order valence-corrected chi connectivity index (χ3v) is 6.76. The Morgan fingerprint density at radius 3 is 2.35 bits per heavy atom. The molecule has 0 spiro atoms. The van der Waals surface area contributed by atoms with Crippen LogP contribution < -0.4 is 0 Å². The SMILES string of the molecule is CN(Cc1ccccc1)C(=O)CN(C)S(=O)(=O)c1ccc(Cl)s1. The molecule has 0 saturated carbocycles. The minimum Gasteiger partial charge on any atom is -0.340 e. The second kappa shape index (κ2) is 7.44. The number of carbonyl (C=O) groups is 1. The summed E-state index contributed by atoms with van der Waals surface area (Å²) in [6.07, 6.45) is 0. The summed E-state index contributed by atoms with van der Waals surface area (Å²) in [4.78, 5) is 13.7. The molecule has 1 aromatic heterocycles. The van der Waals surface area contributed by atoms with E-state index in [4.69, 9.17) is 11.6 Å². The number of thiophene rings is 1. The highest BCUT2D eigenvalue weighted by Gasteiger charge is 2.25. The Labute approximate surface area is 145 Å². The maximum absolute atomic E-state index is 12.4. The lowest BCUT2D eigenvalue weighted by molar-refractivity contribution is -0.130. The molecule has 0 saturated heterocycles. The molecule has 1 heterocycles. The van der Waals surface area contributed by atoms with Crippen molar-refractivity contribution < 1.29 is 13.2 Å². The number of hydrogen-bond donors (Lipinski definition) is 0. The van der Waals surface area contributed by atoms with Crippen LogP contribution >= 0.6 is 22.9 Å². The Morgan fingerprint density at radius 2 is 1.78 bits per heavy atom. The van der Waals surface area contributed by atoms with Crippen molar-refractivity contribution in [1.29, 1.82) is 0 Å². The van der Waals surface area contributed by atoms with E-state index < -0.39 is 10.0 Å². The van der Waals surface area contributed by atoms with Crippen LogP contribution in [0.15, 0.2) is 46.7 Å². The van der Waals surface area contributed by atoms with Crippen LogP contribution in [0.4, 0.5) is 0 Å². The normalized spacial score (nSPS) is 11.7. The number of amides is 1. The van der Waals surface area contributed by atoms with E-state index in [1.54, 1.807) is 7.05 Å². The highest BCUT2D eigenvalue weighted by atomic mass is 35.5. The topological polar surface area (TPSA) is 57.7 Å². The van der Waals surface area contributed by atoms with Gasteiger partial charge >= 0.3 is 0 Å². The number of rotatable bonds is 6. The van der Waals surface area contributed by atoms with Crippen molar-refractivity contribution >= 4 is 38.9 Å². The van der Waals surface area contributed by atoms with Crippen LogP contribution in [0.5, 0.6) is 0 Å². The molecule has 0 atom stereocenters. The molecule has 0 bridgehead atoms. The predicted octanol–water partition coefficient (Wildman–Crippen LogP) is 2.68. The number of benzene rings is 1. The maximum atomic E-state index is 12.4. The summed E-state index contributed by atoms with van der Waals surface area (Å²) < 4.78 is 26.3. The van der Waals surface area contributed by atoms with Crippen LogP contribution in [0.2, 0.25) is 4.34 Å². The first kappa shape index (κ1) is 17.9. The summed E-state index contributed by atoms with van der Waals surface area (Å²) in [5.74, 6) is -0.275. The van der Waals surface area contributed by atoms with Gasteiger partial charge in [-0.3, -0.25) is 4.79 Å². The molecule has 0 N–H and O–H groups in total.